The van der Waals surface area contributed by atoms with E-state index in [0.29, 0.717) is 6.10 Å². The highest BCUT2D eigenvalue weighted by Crippen LogP contribution is 2.30. The van der Waals surface area contributed by atoms with Crippen LogP contribution in [0.25, 0.3) is 0 Å². The number of hydrogen-bond donors (Lipinski definition) is 1. The number of anilines is 1. The number of nitrogens with one attached hydrogen (secondary N) is 1. The van der Waals surface area contributed by atoms with Gasteiger partial charge in [-0.05, 0) is 39.0 Å². The molecule has 1 atom stereocenters. The van der Waals surface area contributed by atoms with Gasteiger partial charge in [0.15, 0.2) is 5.13 Å². The molecule has 1 aromatic rings. The van der Waals surface area contributed by atoms with Gasteiger partial charge in [0, 0.05) is 37.2 Å². The first-order valence-corrected chi connectivity index (χ1v) is 9.20. The fraction of sp³-hybridized carbons (Fsp3) is 0.812. The van der Waals surface area contributed by atoms with Crippen LogP contribution in [0, 0.1) is 0 Å². The maximum absolute atomic E-state index is 5.81. The molecule has 0 spiro atoms. The number of piperidine rings is 1. The molecule has 1 N–H and O–H groups in total. The zero-order valence-corrected chi connectivity index (χ0v) is 14.0. The van der Waals surface area contributed by atoms with Crippen LogP contribution < -0.4 is 10.2 Å². The second kappa shape index (κ2) is 7.07. The van der Waals surface area contributed by atoms with Crippen LogP contribution in [0.5, 0.6) is 0 Å². The summed E-state index contributed by atoms with van der Waals surface area (Å²) >= 11 is 1.88. The average Bonchev–Trinajstić information content (AvgIpc) is 3.24. The molecule has 1 saturated carbocycles. The highest BCUT2D eigenvalue weighted by molar-refractivity contribution is 7.15. The van der Waals surface area contributed by atoms with Crippen LogP contribution in [-0.2, 0) is 17.7 Å². The van der Waals surface area contributed by atoms with E-state index >= 15 is 0 Å². The number of thiazole rings is 1. The molecule has 0 amide bonds. The normalized spacial score (nSPS) is 22.8. The molecule has 2 fully saturated rings. The van der Waals surface area contributed by atoms with Crippen molar-refractivity contribution in [2.75, 3.05) is 24.6 Å². The van der Waals surface area contributed by atoms with E-state index in [1.807, 2.05) is 11.3 Å². The van der Waals surface area contributed by atoms with Crippen molar-refractivity contribution in [3.63, 3.8) is 0 Å². The van der Waals surface area contributed by atoms with Gasteiger partial charge in [-0.1, -0.05) is 6.92 Å². The van der Waals surface area contributed by atoms with Crippen LogP contribution in [0.2, 0.25) is 0 Å². The zero-order chi connectivity index (χ0) is 14.7. The van der Waals surface area contributed by atoms with E-state index < -0.39 is 0 Å². The fourth-order valence-corrected chi connectivity index (χ4v) is 4.06. The Hall–Kier alpha value is -0.650. The van der Waals surface area contributed by atoms with E-state index in [0.717, 1.165) is 38.7 Å². The lowest BCUT2D eigenvalue weighted by molar-refractivity contribution is 0.0526. The molecule has 0 radical (unpaired) electrons. The van der Waals surface area contributed by atoms with Gasteiger partial charge < -0.3 is 15.0 Å². The minimum atomic E-state index is 0.380. The molecule has 21 heavy (non-hydrogen) atoms. The summed E-state index contributed by atoms with van der Waals surface area (Å²) in [4.78, 5) is 8.75. The summed E-state index contributed by atoms with van der Waals surface area (Å²) in [7, 11) is 0. The van der Waals surface area contributed by atoms with Gasteiger partial charge in [0.2, 0.25) is 0 Å². The van der Waals surface area contributed by atoms with Gasteiger partial charge in [0.05, 0.1) is 11.8 Å². The molecule has 1 aliphatic heterocycles. The third kappa shape index (κ3) is 3.96. The molecule has 1 unspecified atom stereocenters. The number of rotatable bonds is 7. The summed E-state index contributed by atoms with van der Waals surface area (Å²) < 4.78 is 5.81. The maximum atomic E-state index is 5.81. The third-order valence-electron chi connectivity index (χ3n) is 4.28. The molecule has 1 aromatic heterocycles. The van der Waals surface area contributed by atoms with Crippen LogP contribution in [-0.4, -0.2) is 36.8 Å². The summed E-state index contributed by atoms with van der Waals surface area (Å²) in [6.07, 6.45) is 6.49. The maximum Gasteiger partial charge on any atom is 0.185 e. The first kappa shape index (κ1) is 15.3. The van der Waals surface area contributed by atoms with Crippen molar-refractivity contribution < 1.29 is 4.74 Å². The Labute approximate surface area is 131 Å². The SMILES string of the molecule is CCOC1CCCN(c2nc(CC)c(CNC3CC3)s2)C1. The van der Waals surface area contributed by atoms with Gasteiger partial charge in [-0.15, -0.1) is 11.3 Å². The molecule has 1 aliphatic carbocycles. The van der Waals surface area contributed by atoms with Crippen LogP contribution >= 0.6 is 11.3 Å². The van der Waals surface area contributed by atoms with Gasteiger partial charge in [-0.3, -0.25) is 0 Å². The Balaban J connectivity index is 1.65. The van der Waals surface area contributed by atoms with Crippen LogP contribution in [0.15, 0.2) is 0 Å². The fourth-order valence-electron chi connectivity index (χ4n) is 2.93. The minimum Gasteiger partial charge on any atom is -0.377 e. The van der Waals surface area contributed by atoms with Crippen LogP contribution in [0.4, 0.5) is 5.13 Å². The Morgan fingerprint density at radius 2 is 2.19 bits per heavy atom. The quantitative estimate of drug-likeness (QED) is 0.840. The van der Waals surface area contributed by atoms with Gasteiger partial charge in [0.1, 0.15) is 0 Å². The molecule has 4 nitrogen and oxygen atoms in total. The molecular weight excluding hydrogens is 282 g/mol. The molecule has 0 aromatic carbocycles. The number of aromatic nitrogens is 1. The van der Waals surface area contributed by atoms with E-state index in [1.54, 1.807) is 0 Å². The second-order valence-corrected chi connectivity index (χ2v) is 7.10. The summed E-state index contributed by atoms with van der Waals surface area (Å²) in [5, 5.41) is 4.82. The first-order valence-electron chi connectivity index (χ1n) is 8.38. The van der Waals surface area contributed by atoms with Crippen LogP contribution in [0.3, 0.4) is 0 Å². The van der Waals surface area contributed by atoms with Gasteiger partial charge >= 0.3 is 0 Å². The van der Waals surface area contributed by atoms with Gasteiger partial charge in [-0.2, -0.15) is 0 Å². The zero-order valence-electron chi connectivity index (χ0n) is 13.2. The van der Waals surface area contributed by atoms with Crippen molar-refractivity contribution in [1.82, 2.24) is 10.3 Å². The lowest BCUT2D eigenvalue weighted by atomic mass is 10.1. The van der Waals surface area contributed by atoms with Crippen molar-refractivity contribution in [3.8, 4) is 0 Å². The minimum absolute atomic E-state index is 0.380. The Morgan fingerprint density at radius 3 is 2.90 bits per heavy atom. The Morgan fingerprint density at radius 1 is 1.33 bits per heavy atom. The Bertz CT molecular complexity index is 456. The molecule has 5 heteroatoms. The summed E-state index contributed by atoms with van der Waals surface area (Å²) in [5.74, 6) is 0. The van der Waals surface area contributed by atoms with E-state index in [9.17, 15) is 0 Å². The molecule has 3 rings (SSSR count). The first-order chi connectivity index (χ1) is 10.3. The average molecular weight is 309 g/mol. The monoisotopic (exact) mass is 309 g/mol. The lowest BCUT2D eigenvalue weighted by Gasteiger charge is -2.32. The van der Waals surface area contributed by atoms with E-state index in [-0.39, 0.29) is 0 Å². The predicted molar refractivity (Wildman–Crippen MR) is 88.2 cm³/mol. The molecule has 118 valence electrons. The van der Waals surface area contributed by atoms with Crippen LogP contribution in [0.1, 0.15) is 50.1 Å². The highest BCUT2D eigenvalue weighted by Gasteiger charge is 2.25. The smallest absolute Gasteiger partial charge is 0.185 e. The second-order valence-electron chi connectivity index (χ2n) is 6.04. The summed E-state index contributed by atoms with van der Waals surface area (Å²) in [5.41, 5.74) is 1.28. The largest absolute Gasteiger partial charge is 0.377 e. The topological polar surface area (TPSA) is 37.4 Å². The van der Waals surface area contributed by atoms with Crippen molar-refractivity contribution in [1.29, 1.82) is 0 Å². The molecule has 1 saturated heterocycles. The highest BCUT2D eigenvalue weighted by atomic mass is 32.1. The number of hydrogen-bond acceptors (Lipinski definition) is 5. The lowest BCUT2D eigenvalue weighted by Crippen LogP contribution is -2.39. The molecule has 2 heterocycles. The van der Waals surface area contributed by atoms with E-state index in [1.165, 1.54) is 41.4 Å². The number of ether oxygens (including phenoxy) is 1. The van der Waals surface area contributed by atoms with Crippen molar-refractivity contribution in [2.24, 2.45) is 0 Å². The van der Waals surface area contributed by atoms with Crippen molar-refractivity contribution in [3.05, 3.63) is 10.6 Å². The molecular formula is C16H27N3OS. The number of aryl methyl sites for hydroxylation is 1. The summed E-state index contributed by atoms with van der Waals surface area (Å²) in [6, 6.07) is 0.762. The van der Waals surface area contributed by atoms with E-state index in [2.05, 4.69) is 24.1 Å². The summed E-state index contributed by atoms with van der Waals surface area (Å²) in [6.45, 7) is 8.22. The molecule has 0 bridgehead atoms. The third-order valence-corrected chi connectivity index (χ3v) is 5.44. The van der Waals surface area contributed by atoms with Gasteiger partial charge in [0.25, 0.3) is 0 Å². The van der Waals surface area contributed by atoms with Gasteiger partial charge in [-0.25, -0.2) is 4.98 Å². The Kier molecular flexibility index (Phi) is 5.14. The predicted octanol–water partition coefficient (Wildman–Crippen LogP) is 2.96. The van der Waals surface area contributed by atoms with E-state index in [4.69, 9.17) is 9.72 Å². The standard InChI is InChI=1S/C16H27N3OS/c1-3-14-15(10-17-12-7-8-12)21-16(18-14)19-9-5-6-13(11-19)20-4-2/h12-13,17H,3-11H2,1-2H3. The number of nitrogens with zero attached hydrogens (tertiary/aromatic N) is 2. The molecule has 2 aliphatic rings. The van der Waals surface area contributed by atoms with Crippen molar-refractivity contribution in [2.45, 2.75) is 64.6 Å². The van der Waals surface area contributed by atoms with Crippen molar-refractivity contribution >= 4 is 16.5 Å².